The quantitative estimate of drug-likeness (QED) is 0.706. The van der Waals surface area contributed by atoms with Gasteiger partial charge in [0.25, 0.3) is 0 Å². The third kappa shape index (κ3) is 3.84. The van der Waals surface area contributed by atoms with Crippen LogP contribution in [0.25, 0.3) is 0 Å². The van der Waals surface area contributed by atoms with Crippen molar-refractivity contribution in [1.29, 1.82) is 0 Å². The van der Waals surface area contributed by atoms with E-state index in [0.29, 0.717) is 5.95 Å². The topological polar surface area (TPSA) is 35.5 Å². The maximum Gasteiger partial charge on any atom is 0.231 e. The normalized spacial score (nSPS) is 14.3. The number of anilines is 4. The lowest BCUT2D eigenvalue weighted by Crippen LogP contribution is -2.46. The van der Waals surface area contributed by atoms with E-state index in [0.717, 1.165) is 43.4 Å². The second-order valence-corrected chi connectivity index (χ2v) is 6.56. The van der Waals surface area contributed by atoms with Crippen LogP contribution in [0.5, 0.6) is 0 Å². The fourth-order valence-electron chi connectivity index (χ4n) is 3.29. The summed E-state index contributed by atoms with van der Waals surface area (Å²) in [5.74, 6) is 1.41. The van der Waals surface area contributed by atoms with Crippen LogP contribution in [0, 0.1) is 5.82 Å². The van der Waals surface area contributed by atoms with Crippen molar-refractivity contribution in [2.75, 3.05) is 47.9 Å². The SMILES string of the molecule is CN(c1ccccc1)c1nccc(N2CCN(c3ccc(F)cc3)CC2)n1. The molecule has 0 aliphatic carbocycles. The van der Waals surface area contributed by atoms with Crippen molar-refractivity contribution >= 4 is 23.1 Å². The molecule has 1 aliphatic rings. The third-order valence-electron chi connectivity index (χ3n) is 4.87. The van der Waals surface area contributed by atoms with E-state index in [2.05, 4.69) is 14.8 Å². The molecule has 0 spiro atoms. The molecular formula is C21H22FN5. The van der Waals surface area contributed by atoms with Crippen LogP contribution in [-0.4, -0.2) is 43.2 Å². The summed E-state index contributed by atoms with van der Waals surface area (Å²) in [6.07, 6.45) is 1.81. The number of rotatable bonds is 4. The van der Waals surface area contributed by atoms with Crippen LogP contribution in [-0.2, 0) is 0 Å². The van der Waals surface area contributed by atoms with Gasteiger partial charge in [0.1, 0.15) is 11.6 Å². The molecule has 2 aromatic carbocycles. The van der Waals surface area contributed by atoms with Crippen LogP contribution in [0.15, 0.2) is 66.9 Å². The highest BCUT2D eigenvalue weighted by molar-refractivity contribution is 5.58. The Labute approximate surface area is 158 Å². The number of aromatic nitrogens is 2. The predicted octanol–water partition coefficient (Wildman–Crippen LogP) is 3.71. The second-order valence-electron chi connectivity index (χ2n) is 6.56. The van der Waals surface area contributed by atoms with Crippen molar-refractivity contribution in [1.82, 2.24) is 9.97 Å². The van der Waals surface area contributed by atoms with Crippen LogP contribution in [0.1, 0.15) is 0 Å². The fraction of sp³-hybridized carbons (Fsp3) is 0.238. The van der Waals surface area contributed by atoms with Gasteiger partial charge in [-0.15, -0.1) is 0 Å². The second kappa shape index (κ2) is 7.61. The van der Waals surface area contributed by atoms with Crippen LogP contribution in [0.3, 0.4) is 0 Å². The molecule has 5 nitrogen and oxygen atoms in total. The van der Waals surface area contributed by atoms with Gasteiger partial charge >= 0.3 is 0 Å². The molecule has 1 fully saturated rings. The van der Waals surface area contributed by atoms with E-state index in [4.69, 9.17) is 4.98 Å². The summed E-state index contributed by atoms with van der Waals surface area (Å²) < 4.78 is 13.1. The average molecular weight is 363 g/mol. The monoisotopic (exact) mass is 363 g/mol. The molecule has 0 bridgehead atoms. The Morgan fingerprint density at radius 1 is 0.852 bits per heavy atom. The van der Waals surface area contributed by atoms with Gasteiger partial charge in [0.05, 0.1) is 0 Å². The van der Waals surface area contributed by atoms with Gasteiger partial charge in [-0.3, -0.25) is 0 Å². The predicted molar refractivity (Wildman–Crippen MR) is 107 cm³/mol. The van der Waals surface area contributed by atoms with Crippen molar-refractivity contribution in [3.63, 3.8) is 0 Å². The van der Waals surface area contributed by atoms with E-state index in [1.165, 1.54) is 12.1 Å². The van der Waals surface area contributed by atoms with E-state index in [9.17, 15) is 4.39 Å². The summed E-state index contributed by atoms with van der Waals surface area (Å²) >= 11 is 0. The Balaban J connectivity index is 1.45. The Bertz CT molecular complexity index is 877. The Morgan fingerprint density at radius 3 is 2.22 bits per heavy atom. The number of hydrogen-bond donors (Lipinski definition) is 0. The number of piperazine rings is 1. The van der Waals surface area contributed by atoms with Crippen LogP contribution >= 0.6 is 0 Å². The number of nitrogens with zero attached hydrogens (tertiary/aromatic N) is 5. The fourth-order valence-corrected chi connectivity index (χ4v) is 3.29. The molecule has 0 amide bonds. The minimum Gasteiger partial charge on any atom is -0.368 e. The summed E-state index contributed by atoms with van der Waals surface area (Å²) in [5, 5.41) is 0. The van der Waals surface area contributed by atoms with Gasteiger partial charge in [0.2, 0.25) is 5.95 Å². The summed E-state index contributed by atoms with van der Waals surface area (Å²) in [6, 6.07) is 18.7. The molecule has 1 saturated heterocycles. The largest absolute Gasteiger partial charge is 0.368 e. The lowest BCUT2D eigenvalue weighted by atomic mass is 10.2. The van der Waals surface area contributed by atoms with E-state index in [-0.39, 0.29) is 5.82 Å². The number of para-hydroxylation sites is 1. The van der Waals surface area contributed by atoms with Crippen molar-refractivity contribution in [2.45, 2.75) is 0 Å². The maximum absolute atomic E-state index is 13.1. The summed E-state index contributed by atoms with van der Waals surface area (Å²) in [4.78, 5) is 15.7. The van der Waals surface area contributed by atoms with Crippen LogP contribution < -0.4 is 14.7 Å². The lowest BCUT2D eigenvalue weighted by Gasteiger charge is -2.36. The van der Waals surface area contributed by atoms with E-state index in [1.54, 1.807) is 0 Å². The van der Waals surface area contributed by atoms with Gasteiger partial charge in [0, 0.05) is 50.8 Å². The molecule has 0 radical (unpaired) electrons. The van der Waals surface area contributed by atoms with Gasteiger partial charge in [0.15, 0.2) is 0 Å². The highest BCUT2D eigenvalue weighted by atomic mass is 19.1. The molecule has 4 rings (SSSR count). The molecule has 27 heavy (non-hydrogen) atoms. The van der Waals surface area contributed by atoms with Crippen LogP contribution in [0.2, 0.25) is 0 Å². The number of hydrogen-bond acceptors (Lipinski definition) is 5. The first-order chi connectivity index (χ1) is 13.2. The third-order valence-corrected chi connectivity index (χ3v) is 4.87. The molecule has 138 valence electrons. The van der Waals surface area contributed by atoms with E-state index >= 15 is 0 Å². The van der Waals surface area contributed by atoms with E-state index < -0.39 is 0 Å². The van der Waals surface area contributed by atoms with Gasteiger partial charge < -0.3 is 14.7 Å². The zero-order chi connectivity index (χ0) is 18.6. The molecule has 6 heteroatoms. The first kappa shape index (κ1) is 17.3. The van der Waals surface area contributed by atoms with Gasteiger partial charge in [-0.1, -0.05) is 18.2 Å². The standard InChI is InChI=1S/C21H22FN5/c1-25(18-5-3-2-4-6-18)21-23-12-11-20(24-21)27-15-13-26(14-16-27)19-9-7-17(22)8-10-19/h2-12H,13-16H2,1H3. The first-order valence-electron chi connectivity index (χ1n) is 9.08. The van der Waals surface area contributed by atoms with Gasteiger partial charge in [-0.25, -0.2) is 9.37 Å². The molecule has 0 N–H and O–H groups in total. The van der Waals surface area contributed by atoms with E-state index in [1.807, 2.05) is 66.7 Å². The Hall–Kier alpha value is -3.15. The first-order valence-corrected chi connectivity index (χ1v) is 9.08. The minimum absolute atomic E-state index is 0.201. The molecule has 3 aromatic rings. The zero-order valence-electron chi connectivity index (χ0n) is 15.3. The lowest BCUT2D eigenvalue weighted by molar-refractivity contribution is 0.624. The van der Waals surface area contributed by atoms with Gasteiger partial charge in [-0.05, 0) is 42.5 Å². The molecule has 0 unspecified atom stereocenters. The minimum atomic E-state index is -0.201. The average Bonchev–Trinajstić information content (AvgIpc) is 2.75. The van der Waals surface area contributed by atoms with Gasteiger partial charge in [-0.2, -0.15) is 4.98 Å². The molecule has 0 saturated carbocycles. The summed E-state index contributed by atoms with van der Waals surface area (Å²) in [7, 11) is 1.97. The van der Waals surface area contributed by atoms with Crippen molar-refractivity contribution in [2.24, 2.45) is 0 Å². The van der Waals surface area contributed by atoms with Crippen molar-refractivity contribution in [3.8, 4) is 0 Å². The molecule has 2 heterocycles. The zero-order valence-corrected chi connectivity index (χ0v) is 15.3. The summed E-state index contributed by atoms with van der Waals surface area (Å²) in [5.41, 5.74) is 2.11. The molecule has 0 atom stereocenters. The van der Waals surface area contributed by atoms with Crippen LogP contribution in [0.4, 0.5) is 27.5 Å². The molecule has 1 aliphatic heterocycles. The smallest absolute Gasteiger partial charge is 0.231 e. The highest BCUT2D eigenvalue weighted by Gasteiger charge is 2.19. The molecule has 1 aromatic heterocycles. The summed E-state index contributed by atoms with van der Waals surface area (Å²) in [6.45, 7) is 3.48. The number of benzene rings is 2. The highest BCUT2D eigenvalue weighted by Crippen LogP contribution is 2.23. The van der Waals surface area contributed by atoms with Crippen molar-refractivity contribution < 1.29 is 4.39 Å². The van der Waals surface area contributed by atoms with Crippen molar-refractivity contribution in [3.05, 3.63) is 72.7 Å². The molecular weight excluding hydrogens is 341 g/mol. The Morgan fingerprint density at radius 2 is 1.52 bits per heavy atom. The Kier molecular flexibility index (Phi) is 4.87. The maximum atomic E-state index is 13.1. The number of halogens is 1.